The molecule has 6 heteroatoms. The van der Waals surface area contributed by atoms with Crippen LogP contribution in [0.1, 0.15) is 20.3 Å². The summed E-state index contributed by atoms with van der Waals surface area (Å²) in [6, 6.07) is 7.51. The van der Waals surface area contributed by atoms with E-state index in [4.69, 9.17) is 0 Å². The molecule has 0 unspecified atom stereocenters. The Balaban J connectivity index is 2.28. The van der Waals surface area contributed by atoms with E-state index in [1.807, 2.05) is 38.1 Å². The minimum absolute atomic E-state index is 0.287. The first-order chi connectivity index (χ1) is 9.00. The lowest BCUT2D eigenvalue weighted by molar-refractivity contribution is 0.555. The average molecular weight is 283 g/mol. The van der Waals surface area contributed by atoms with Crippen molar-refractivity contribution in [1.82, 2.24) is 4.72 Å². The van der Waals surface area contributed by atoms with Crippen molar-refractivity contribution in [2.75, 3.05) is 29.3 Å². The number of benzene rings is 1. The van der Waals surface area contributed by atoms with Crippen molar-refractivity contribution in [1.29, 1.82) is 0 Å². The maximum Gasteiger partial charge on any atom is 0.301 e. The van der Waals surface area contributed by atoms with Gasteiger partial charge in [-0.05, 0) is 24.5 Å². The Morgan fingerprint density at radius 3 is 2.84 bits per heavy atom. The van der Waals surface area contributed by atoms with Crippen molar-refractivity contribution in [3.63, 3.8) is 0 Å². The number of nitrogens with zero attached hydrogens (tertiary/aromatic N) is 1. The highest BCUT2D eigenvalue weighted by Gasteiger charge is 2.25. The van der Waals surface area contributed by atoms with E-state index in [1.54, 1.807) is 0 Å². The monoisotopic (exact) mass is 283 g/mol. The zero-order valence-electron chi connectivity index (χ0n) is 11.4. The van der Waals surface area contributed by atoms with Crippen LogP contribution in [-0.4, -0.2) is 28.1 Å². The lowest BCUT2D eigenvalue weighted by Crippen LogP contribution is -2.42. The van der Waals surface area contributed by atoms with Crippen LogP contribution in [0.5, 0.6) is 0 Å². The van der Waals surface area contributed by atoms with Crippen molar-refractivity contribution < 1.29 is 8.42 Å². The molecule has 19 heavy (non-hydrogen) atoms. The smallest absolute Gasteiger partial charge is 0.301 e. The molecular weight excluding hydrogens is 262 g/mol. The van der Waals surface area contributed by atoms with Gasteiger partial charge in [-0.2, -0.15) is 13.1 Å². The second kappa shape index (κ2) is 5.79. The minimum atomic E-state index is -3.47. The summed E-state index contributed by atoms with van der Waals surface area (Å²) in [6.07, 6.45) is 0.789. The molecule has 0 bridgehead atoms. The number of anilines is 2. The maximum atomic E-state index is 12.4. The molecule has 0 amide bonds. The molecule has 0 spiro atoms. The zero-order chi connectivity index (χ0) is 13.9. The standard InChI is InChI=1S/C13H21N3O2S/c1-11(2)10-15-19(17,18)16-9-5-8-14-12-6-3-4-7-13(12)16/h3-4,6-7,11,14-15H,5,8-10H2,1-2H3. The predicted octanol–water partition coefficient (Wildman–Crippen LogP) is 1.80. The molecule has 0 fully saturated rings. The van der Waals surface area contributed by atoms with Crippen LogP contribution in [0, 0.1) is 5.92 Å². The van der Waals surface area contributed by atoms with Crippen molar-refractivity contribution in [3.8, 4) is 0 Å². The van der Waals surface area contributed by atoms with Crippen molar-refractivity contribution in [2.45, 2.75) is 20.3 Å². The Hall–Kier alpha value is -1.27. The quantitative estimate of drug-likeness (QED) is 0.886. The van der Waals surface area contributed by atoms with Gasteiger partial charge in [0.1, 0.15) is 0 Å². The molecule has 0 saturated heterocycles. The normalized spacial score (nSPS) is 15.8. The van der Waals surface area contributed by atoms with E-state index in [0.717, 1.165) is 24.3 Å². The molecule has 2 N–H and O–H groups in total. The van der Waals surface area contributed by atoms with Crippen LogP contribution in [0.4, 0.5) is 11.4 Å². The Labute approximate surface area is 115 Å². The van der Waals surface area contributed by atoms with Gasteiger partial charge in [0, 0.05) is 19.6 Å². The molecule has 0 aliphatic carbocycles. The van der Waals surface area contributed by atoms with E-state index >= 15 is 0 Å². The van der Waals surface area contributed by atoms with E-state index in [1.165, 1.54) is 4.31 Å². The van der Waals surface area contributed by atoms with Crippen LogP contribution >= 0.6 is 0 Å². The summed E-state index contributed by atoms with van der Waals surface area (Å²) in [4.78, 5) is 0. The number of rotatable bonds is 4. The summed E-state index contributed by atoms with van der Waals surface area (Å²) in [5, 5.41) is 3.26. The molecule has 0 radical (unpaired) electrons. The first kappa shape index (κ1) is 14.1. The van der Waals surface area contributed by atoms with Gasteiger partial charge in [-0.3, -0.25) is 4.31 Å². The van der Waals surface area contributed by atoms with Gasteiger partial charge in [0.2, 0.25) is 0 Å². The van der Waals surface area contributed by atoms with Gasteiger partial charge in [-0.25, -0.2) is 0 Å². The van der Waals surface area contributed by atoms with Gasteiger partial charge in [-0.1, -0.05) is 26.0 Å². The van der Waals surface area contributed by atoms with Crippen LogP contribution in [-0.2, 0) is 10.2 Å². The predicted molar refractivity (Wildman–Crippen MR) is 78.7 cm³/mol. The molecule has 1 aliphatic rings. The Bertz CT molecular complexity index is 528. The average Bonchev–Trinajstić information content (AvgIpc) is 2.59. The third-order valence-corrected chi connectivity index (χ3v) is 4.48. The van der Waals surface area contributed by atoms with E-state index in [0.29, 0.717) is 13.1 Å². The minimum Gasteiger partial charge on any atom is -0.383 e. The lowest BCUT2D eigenvalue weighted by atomic mass is 10.2. The Morgan fingerprint density at radius 2 is 2.11 bits per heavy atom. The molecule has 0 atom stereocenters. The van der Waals surface area contributed by atoms with Crippen molar-refractivity contribution in [3.05, 3.63) is 24.3 Å². The topological polar surface area (TPSA) is 61.4 Å². The summed E-state index contributed by atoms with van der Waals surface area (Å²) < 4.78 is 28.9. The zero-order valence-corrected chi connectivity index (χ0v) is 12.2. The van der Waals surface area contributed by atoms with E-state index < -0.39 is 10.2 Å². The molecule has 1 aliphatic heterocycles. The van der Waals surface area contributed by atoms with Gasteiger partial charge >= 0.3 is 10.2 Å². The van der Waals surface area contributed by atoms with E-state index in [2.05, 4.69) is 10.0 Å². The third kappa shape index (κ3) is 3.39. The van der Waals surface area contributed by atoms with Gasteiger partial charge in [0.05, 0.1) is 11.4 Å². The summed E-state index contributed by atoms with van der Waals surface area (Å²) in [5.41, 5.74) is 1.59. The molecule has 2 rings (SSSR count). The molecule has 1 aromatic rings. The Morgan fingerprint density at radius 1 is 1.37 bits per heavy atom. The van der Waals surface area contributed by atoms with Crippen molar-refractivity contribution in [2.24, 2.45) is 5.92 Å². The van der Waals surface area contributed by atoms with E-state index in [9.17, 15) is 8.42 Å². The summed E-state index contributed by atoms with van der Waals surface area (Å²) >= 11 is 0. The molecule has 0 saturated carbocycles. The first-order valence-electron chi connectivity index (χ1n) is 6.61. The highest BCUT2D eigenvalue weighted by Crippen LogP contribution is 2.29. The van der Waals surface area contributed by atoms with Gasteiger partial charge in [0.25, 0.3) is 0 Å². The summed E-state index contributed by atoms with van der Waals surface area (Å²) in [6.45, 7) is 5.71. The highest BCUT2D eigenvalue weighted by atomic mass is 32.2. The lowest BCUT2D eigenvalue weighted by Gasteiger charge is -2.24. The number of fused-ring (bicyclic) bond motifs is 1. The number of nitrogens with one attached hydrogen (secondary N) is 2. The molecule has 106 valence electrons. The number of hydrogen-bond donors (Lipinski definition) is 2. The van der Waals surface area contributed by atoms with Crippen molar-refractivity contribution >= 4 is 21.6 Å². The van der Waals surface area contributed by atoms with E-state index in [-0.39, 0.29) is 5.92 Å². The van der Waals surface area contributed by atoms with Gasteiger partial charge in [-0.15, -0.1) is 0 Å². The third-order valence-electron chi connectivity index (χ3n) is 2.99. The van der Waals surface area contributed by atoms with Crippen LogP contribution in [0.25, 0.3) is 0 Å². The molecule has 1 aromatic carbocycles. The molecule has 0 aromatic heterocycles. The molecular formula is C13H21N3O2S. The second-order valence-corrected chi connectivity index (χ2v) is 6.80. The Kier molecular flexibility index (Phi) is 4.31. The number of hydrogen-bond acceptors (Lipinski definition) is 3. The van der Waals surface area contributed by atoms with Crippen LogP contribution < -0.4 is 14.3 Å². The molecule has 5 nitrogen and oxygen atoms in total. The van der Waals surface area contributed by atoms with Crippen LogP contribution in [0.3, 0.4) is 0 Å². The van der Waals surface area contributed by atoms with Crippen LogP contribution in [0.2, 0.25) is 0 Å². The summed E-state index contributed by atoms with van der Waals surface area (Å²) in [7, 11) is -3.47. The fourth-order valence-electron chi connectivity index (χ4n) is 2.01. The number of para-hydroxylation sites is 2. The SMILES string of the molecule is CC(C)CNS(=O)(=O)N1CCCNc2ccccc21. The highest BCUT2D eigenvalue weighted by molar-refractivity contribution is 7.90. The summed E-state index contributed by atoms with van der Waals surface area (Å²) in [5.74, 6) is 0.287. The van der Waals surface area contributed by atoms with Crippen LogP contribution in [0.15, 0.2) is 24.3 Å². The maximum absolute atomic E-state index is 12.4. The van der Waals surface area contributed by atoms with Gasteiger partial charge < -0.3 is 5.32 Å². The second-order valence-electron chi connectivity index (χ2n) is 5.12. The largest absolute Gasteiger partial charge is 0.383 e. The fraction of sp³-hybridized carbons (Fsp3) is 0.538. The fourth-order valence-corrected chi connectivity index (χ4v) is 3.49. The first-order valence-corrected chi connectivity index (χ1v) is 8.05. The van der Waals surface area contributed by atoms with Gasteiger partial charge in [0.15, 0.2) is 0 Å². The molecule has 1 heterocycles.